The van der Waals surface area contributed by atoms with E-state index in [9.17, 15) is 9.18 Å². The third kappa shape index (κ3) is 2.68. The number of ketones is 1. The van der Waals surface area contributed by atoms with Crippen LogP contribution in [0.2, 0.25) is 0 Å². The van der Waals surface area contributed by atoms with E-state index in [2.05, 4.69) is 0 Å². The van der Waals surface area contributed by atoms with Gasteiger partial charge in [0.15, 0.2) is 5.78 Å². The van der Waals surface area contributed by atoms with Crippen molar-refractivity contribution in [2.24, 2.45) is 0 Å². The van der Waals surface area contributed by atoms with Crippen molar-refractivity contribution in [2.75, 3.05) is 18.0 Å². The number of aryl methyl sites for hydroxylation is 2. The second-order valence-corrected chi connectivity index (χ2v) is 5.69. The number of Topliss-reactive ketones (excluding diaryl/α,β-unsaturated/α-hetero) is 1. The summed E-state index contributed by atoms with van der Waals surface area (Å²) in [6.45, 7) is 5.01. The van der Waals surface area contributed by atoms with Crippen molar-refractivity contribution in [3.8, 4) is 0 Å². The Hall–Kier alpha value is -2.16. The monoisotopic (exact) mass is 283 g/mol. The first-order chi connectivity index (χ1) is 10.0. The van der Waals surface area contributed by atoms with Gasteiger partial charge in [0.2, 0.25) is 0 Å². The Kier molecular flexibility index (Phi) is 3.50. The van der Waals surface area contributed by atoms with E-state index < -0.39 is 0 Å². The molecule has 0 spiro atoms. The van der Waals surface area contributed by atoms with Crippen LogP contribution in [0.25, 0.3) is 0 Å². The van der Waals surface area contributed by atoms with E-state index in [4.69, 9.17) is 0 Å². The van der Waals surface area contributed by atoms with Gasteiger partial charge in [-0.2, -0.15) is 0 Å². The molecule has 0 unspecified atom stereocenters. The molecule has 0 fully saturated rings. The molecule has 0 atom stereocenters. The van der Waals surface area contributed by atoms with Crippen LogP contribution in [0, 0.1) is 19.7 Å². The molecular weight excluding hydrogens is 265 g/mol. The van der Waals surface area contributed by atoms with Crippen LogP contribution < -0.4 is 4.90 Å². The summed E-state index contributed by atoms with van der Waals surface area (Å²) >= 11 is 0. The fraction of sp³-hybridized carbons (Fsp3) is 0.278. The summed E-state index contributed by atoms with van der Waals surface area (Å²) in [5.74, 6) is -0.159. The van der Waals surface area contributed by atoms with Gasteiger partial charge in [-0.05, 0) is 49.6 Å². The van der Waals surface area contributed by atoms with Crippen LogP contribution in [0.4, 0.5) is 10.1 Å². The average molecular weight is 283 g/mol. The molecule has 2 nitrogen and oxygen atoms in total. The fourth-order valence-corrected chi connectivity index (χ4v) is 2.88. The molecule has 0 saturated heterocycles. The molecule has 108 valence electrons. The summed E-state index contributed by atoms with van der Waals surface area (Å²) in [7, 11) is 0. The first kappa shape index (κ1) is 13.8. The van der Waals surface area contributed by atoms with Crippen molar-refractivity contribution >= 4 is 11.5 Å². The van der Waals surface area contributed by atoms with Crippen LogP contribution in [0.3, 0.4) is 0 Å². The van der Waals surface area contributed by atoms with E-state index in [1.165, 1.54) is 12.1 Å². The number of halogens is 1. The molecule has 0 radical (unpaired) electrons. The van der Waals surface area contributed by atoms with Crippen molar-refractivity contribution < 1.29 is 9.18 Å². The summed E-state index contributed by atoms with van der Waals surface area (Å²) in [4.78, 5) is 14.5. The van der Waals surface area contributed by atoms with Crippen LogP contribution in [-0.4, -0.2) is 18.9 Å². The standard InChI is InChI=1S/C18H18FNO/c1-12-3-4-13(2)16(9-12)18(21)11-20-8-7-14-5-6-15(19)10-17(14)20/h3-6,9-10H,7-8,11H2,1-2H3. The Bertz CT molecular complexity index is 708. The lowest BCUT2D eigenvalue weighted by molar-refractivity contribution is 0.0999. The fourth-order valence-electron chi connectivity index (χ4n) is 2.88. The van der Waals surface area contributed by atoms with Gasteiger partial charge in [0.1, 0.15) is 5.82 Å². The number of hydrogen-bond acceptors (Lipinski definition) is 2. The van der Waals surface area contributed by atoms with Crippen molar-refractivity contribution in [1.82, 2.24) is 0 Å². The largest absolute Gasteiger partial charge is 0.363 e. The third-order valence-electron chi connectivity index (χ3n) is 4.07. The van der Waals surface area contributed by atoms with Crippen molar-refractivity contribution in [1.29, 1.82) is 0 Å². The lowest BCUT2D eigenvalue weighted by Gasteiger charge is -2.19. The molecule has 0 N–H and O–H groups in total. The lowest BCUT2D eigenvalue weighted by Crippen LogP contribution is -2.28. The van der Waals surface area contributed by atoms with E-state index in [0.717, 1.165) is 40.9 Å². The number of hydrogen-bond donors (Lipinski definition) is 0. The summed E-state index contributed by atoms with van der Waals surface area (Å²) < 4.78 is 13.4. The molecule has 0 aliphatic carbocycles. The lowest BCUT2D eigenvalue weighted by atomic mass is 10.0. The first-order valence-corrected chi connectivity index (χ1v) is 7.18. The van der Waals surface area contributed by atoms with Crippen LogP contribution >= 0.6 is 0 Å². The maximum absolute atomic E-state index is 13.4. The zero-order valence-electron chi connectivity index (χ0n) is 12.3. The van der Waals surface area contributed by atoms with Gasteiger partial charge in [-0.1, -0.05) is 23.8 Å². The second kappa shape index (κ2) is 5.32. The highest BCUT2D eigenvalue weighted by Gasteiger charge is 2.22. The molecule has 2 aromatic rings. The Morgan fingerprint density at radius 1 is 1.19 bits per heavy atom. The number of anilines is 1. The van der Waals surface area contributed by atoms with Gasteiger partial charge >= 0.3 is 0 Å². The van der Waals surface area contributed by atoms with Crippen LogP contribution in [0.15, 0.2) is 36.4 Å². The van der Waals surface area contributed by atoms with Crippen LogP contribution in [0.5, 0.6) is 0 Å². The zero-order valence-corrected chi connectivity index (χ0v) is 12.3. The van der Waals surface area contributed by atoms with Crippen molar-refractivity contribution in [3.05, 3.63) is 64.5 Å². The minimum atomic E-state index is -0.250. The summed E-state index contributed by atoms with van der Waals surface area (Å²) in [6, 6.07) is 10.7. The predicted octanol–water partition coefficient (Wildman–Crippen LogP) is 3.69. The minimum absolute atomic E-state index is 0.0910. The summed E-state index contributed by atoms with van der Waals surface area (Å²) in [6.07, 6.45) is 0.871. The molecule has 0 amide bonds. The zero-order chi connectivity index (χ0) is 15.0. The van der Waals surface area contributed by atoms with E-state index in [-0.39, 0.29) is 11.6 Å². The van der Waals surface area contributed by atoms with Crippen molar-refractivity contribution in [3.63, 3.8) is 0 Å². The molecular formula is C18H18FNO. The smallest absolute Gasteiger partial charge is 0.182 e. The molecule has 2 aromatic carbocycles. The van der Waals surface area contributed by atoms with E-state index >= 15 is 0 Å². The first-order valence-electron chi connectivity index (χ1n) is 7.18. The molecule has 1 aliphatic rings. The van der Waals surface area contributed by atoms with Crippen LogP contribution in [0.1, 0.15) is 27.0 Å². The Labute approximate surface area is 124 Å². The number of rotatable bonds is 3. The average Bonchev–Trinajstić information content (AvgIpc) is 2.84. The van der Waals surface area contributed by atoms with Gasteiger partial charge in [0.05, 0.1) is 6.54 Å². The van der Waals surface area contributed by atoms with Gasteiger partial charge in [0.25, 0.3) is 0 Å². The molecule has 1 heterocycles. The third-order valence-corrected chi connectivity index (χ3v) is 4.07. The number of carbonyl (C=O) groups is 1. The highest BCUT2D eigenvalue weighted by Crippen LogP contribution is 2.28. The predicted molar refractivity (Wildman–Crippen MR) is 82.6 cm³/mol. The van der Waals surface area contributed by atoms with E-state index in [1.807, 2.05) is 43.0 Å². The molecule has 3 heteroatoms. The van der Waals surface area contributed by atoms with E-state index in [0.29, 0.717) is 6.54 Å². The Morgan fingerprint density at radius 3 is 2.81 bits per heavy atom. The number of benzene rings is 2. The Morgan fingerprint density at radius 2 is 2.00 bits per heavy atom. The van der Waals surface area contributed by atoms with Crippen LogP contribution in [-0.2, 0) is 6.42 Å². The molecule has 0 aromatic heterocycles. The highest BCUT2D eigenvalue weighted by molar-refractivity contribution is 6.00. The number of carbonyl (C=O) groups excluding carboxylic acids is 1. The Balaban J connectivity index is 1.84. The minimum Gasteiger partial charge on any atom is -0.363 e. The maximum Gasteiger partial charge on any atom is 0.182 e. The number of nitrogens with zero attached hydrogens (tertiary/aromatic N) is 1. The maximum atomic E-state index is 13.4. The van der Waals surface area contributed by atoms with Gasteiger partial charge in [-0.15, -0.1) is 0 Å². The topological polar surface area (TPSA) is 20.3 Å². The second-order valence-electron chi connectivity index (χ2n) is 5.69. The van der Waals surface area contributed by atoms with Gasteiger partial charge in [-0.25, -0.2) is 4.39 Å². The quantitative estimate of drug-likeness (QED) is 0.801. The number of fused-ring (bicyclic) bond motifs is 1. The molecule has 1 aliphatic heterocycles. The molecule has 0 saturated carbocycles. The summed E-state index contributed by atoms with van der Waals surface area (Å²) in [5, 5.41) is 0. The van der Waals surface area contributed by atoms with Gasteiger partial charge in [-0.3, -0.25) is 4.79 Å². The highest BCUT2D eigenvalue weighted by atomic mass is 19.1. The van der Waals surface area contributed by atoms with Gasteiger partial charge < -0.3 is 4.90 Å². The molecule has 3 rings (SSSR count). The SMILES string of the molecule is Cc1ccc(C)c(C(=O)CN2CCc3ccc(F)cc32)c1. The van der Waals surface area contributed by atoms with Gasteiger partial charge in [0, 0.05) is 17.8 Å². The van der Waals surface area contributed by atoms with Crippen molar-refractivity contribution in [2.45, 2.75) is 20.3 Å². The summed E-state index contributed by atoms with van der Waals surface area (Å²) in [5.41, 5.74) is 4.81. The normalized spacial score (nSPS) is 13.4. The molecule has 21 heavy (non-hydrogen) atoms. The van der Waals surface area contributed by atoms with E-state index in [1.54, 1.807) is 0 Å². The molecule has 0 bridgehead atoms.